The summed E-state index contributed by atoms with van der Waals surface area (Å²) in [5, 5.41) is 9.40. The maximum Gasteiger partial charge on any atom is 0.223 e. The van der Waals surface area contributed by atoms with Crippen molar-refractivity contribution in [1.82, 2.24) is 9.80 Å². The van der Waals surface area contributed by atoms with Crippen LogP contribution in [-0.4, -0.2) is 64.5 Å². The lowest BCUT2D eigenvalue weighted by Crippen LogP contribution is -2.37. The van der Waals surface area contributed by atoms with Crippen LogP contribution in [0.5, 0.6) is 0 Å². The minimum absolute atomic E-state index is 0.0967. The fourth-order valence-electron chi connectivity index (χ4n) is 2.57. The topological polar surface area (TPSA) is 43.8 Å². The molecule has 2 fully saturated rings. The van der Waals surface area contributed by atoms with Gasteiger partial charge in [-0.3, -0.25) is 4.79 Å². The van der Waals surface area contributed by atoms with Gasteiger partial charge >= 0.3 is 0 Å². The van der Waals surface area contributed by atoms with Gasteiger partial charge in [-0.25, -0.2) is 0 Å². The quantitative estimate of drug-likeness (QED) is 0.783. The molecule has 2 saturated heterocycles. The number of aliphatic hydroxyl groups excluding tert-OH is 1. The van der Waals surface area contributed by atoms with Gasteiger partial charge in [0.25, 0.3) is 0 Å². The molecule has 2 aliphatic rings. The number of carbonyl (C=O) groups is 1. The number of aliphatic hydroxyl groups is 1. The zero-order chi connectivity index (χ0) is 12.3. The predicted octanol–water partition coefficient (Wildman–Crippen LogP) is 0.829. The molecule has 2 heterocycles. The third kappa shape index (κ3) is 3.93. The lowest BCUT2D eigenvalue weighted by Gasteiger charge is -2.29. The number of amides is 1. The number of halogens is 1. The lowest BCUT2D eigenvalue weighted by atomic mass is 10.1. The maximum absolute atomic E-state index is 11.6. The van der Waals surface area contributed by atoms with E-state index in [0.29, 0.717) is 11.2 Å². The van der Waals surface area contributed by atoms with Gasteiger partial charge in [0.05, 0.1) is 6.10 Å². The molecule has 98 valence electrons. The zero-order valence-electron chi connectivity index (χ0n) is 10.1. The lowest BCUT2D eigenvalue weighted by molar-refractivity contribution is -0.127. The molecule has 1 amide bonds. The van der Waals surface area contributed by atoms with E-state index in [9.17, 15) is 9.90 Å². The molecule has 1 N–H and O–H groups in total. The Balaban J connectivity index is 1.61. The van der Waals surface area contributed by atoms with Crippen LogP contribution >= 0.6 is 15.9 Å². The highest BCUT2D eigenvalue weighted by Crippen LogP contribution is 2.18. The second-order valence-corrected chi connectivity index (χ2v) is 6.36. The number of nitrogens with zero attached hydrogens (tertiary/aromatic N) is 2. The number of carbonyl (C=O) groups excluding carboxylic acids is 1. The van der Waals surface area contributed by atoms with Crippen LogP contribution in [0.3, 0.4) is 0 Å². The number of alkyl halides is 1. The smallest absolute Gasteiger partial charge is 0.223 e. The summed E-state index contributed by atoms with van der Waals surface area (Å²) in [7, 11) is 0. The Kier molecular flexibility index (Phi) is 4.82. The van der Waals surface area contributed by atoms with Crippen molar-refractivity contribution in [2.75, 3.05) is 32.7 Å². The summed E-state index contributed by atoms with van der Waals surface area (Å²) >= 11 is 3.49. The van der Waals surface area contributed by atoms with Gasteiger partial charge in [-0.15, -0.1) is 0 Å². The van der Waals surface area contributed by atoms with Crippen LogP contribution in [0.4, 0.5) is 0 Å². The van der Waals surface area contributed by atoms with Gasteiger partial charge in [0, 0.05) is 37.4 Å². The van der Waals surface area contributed by atoms with E-state index in [4.69, 9.17) is 0 Å². The summed E-state index contributed by atoms with van der Waals surface area (Å²) in [5.41, 5.74) is 0. The molecule has 2 aliphatic heterocycles. The highest BCUT2D eigenvalue weighted by atomic mass is 79.9. The number of piperidine rings is 1. The molecule has 0 aromatic heterocycles. The summed E-state index contributed by atoms with van der Waals surface area (Å²) in [6, 6.07) is 0. The summed E-state index contributed by atoms with van der Waals surface area (Å²) in [6.45, 7) is 4.77. The molecule has 0 aliphatic carbocycles. The Bertz CT molecular complexity index is 267. The van der Waals surface area contributed by atoms with E-state index in [1.165, 1.54) is 0 Å². The van der Waals surface area contributed by atoms with E-state index < -0.39 is 0 Å². The molecule has 1 unspecified atom stereocenters. The Labute approximate surface area is 111 Å². The van der Waals surface area contributed by atoms with Crippen molar-refractivity contribution >= 4 is 21.8 Å². The number of rotatable bonds is 4. The first-order chi connectivity index (χ1) is 8.15. The fourth-order valence-corrected chi connectivity index (χ4v) is 3.19. The zero-order valence-corrected chi connectivity index (χ0v) is 11.7. The van der Waals surface area contributed by atoms with Crippen molar-refractivity contribution in [3.63, 3.8) is 0 Å². The first-order valence-corrected chi connectivity index (χ1v) is 7.39. The van der Waals surface area contributed by atoms with E-state index in [1.807, 2.05) is 4.90 Å². The molecule has 5 heteroatoms. The predicted molar refractivity (Wildman–Crippen MR) is 70.2 cm³/mol. The second-order valence-electron chi connectivity index (χ2n) is 5.07. The van der Waals surface area contributed by atoms with Crippen molar-refractivity contribution in [1.29, 1.82) is 0 Å². The van der Waals surface area contributed by atoms with Gasteiger partial charge < -0.3 is 14.9 Å². The van der Waals surface area contributed by atoms with Crippen molar-refractivity contribution in [3.8, 4) is 0 Å². The van der Waals surface area contributed by atoms with Crippen molar-refractivity contribution in [3.05, 3.63) is 0 Å². The molecule has 0 spiro atoms. The van der Waals surface area contributed by atoms with Crippen LogP contribution in [0.1, 0.15) is 25.7 Å². The van der Waals surface area contributed by atoms with Crippen LogP contribution in [0.2, 0.25) is 0 Å². The summed E-state index contributed by atoms with van der Waals surface area (Å²) in [5.74, 6) is 0.279. The normalized spacial score (nSPS) is 28.0. The monoisotopic (exact) mass is 304 g/mol. The standard InChI is InChI=1S/C12H21BrN2O2/c13-10-8-12(17)15(9-10)5-1-4-14-6-2-11(16)3-7-14/h10-11,16H,1-9H2. The van der Waals surface area contributed by atoms with E-state index >= 15 is 0 Å². The van der Waals surface area contributed by atoms with Crippen LogP contribution in [0.25, 0.3) is 0 Å². The average Bonchev–Trinajstić information content (AvgIpc) is 2.60. The molecular weight excluding hydrogens is 284 g/mol. The minimum Gasteiger partial charge on any atom is -0.393 e. The van der Waals surface area contributed by atoms with Crippen LogP contribution in [0, 0.1) is 0 Å². The van der Waals surface area contributed by atoms with Crippen LogP contribution < -0.4 is 0 Å². The molecule has 0 radical (unpaired) electrons. The Morgan fingerprint density at radius 1 is 1.29 bits per heavy atom. The highest BCUT2D eigenvalue weighted by molar-refractivity contribution is 9.09. The average molecular weight is 305 g/mol. The molecule has 17 heavy (non-hydrogen) atoms. The van der Waals surface area contributed by atoms with E-state index in [0.717, 1.165) is 52.0 Å². The van der Waals surface area contributed by atoms with E-state index in [2.05, 4.69) is 20.8 Å². The first-order valence-electron chi connectivity index (χ1n) is 6.47. The van der Waals surface area contributed by atoms with E-state index in [1.54, 1.807) is 0 Å². The van der Waals surface area contributed by atoms with Crippen molar-refractivity contribution in [2.24, 2.45) is 0 Å². The van der Waals surface area contributed by atoms with Gasteiger partial charge in [-0.2, -0.15) is 0 Å². The Morgan fingerprint density at radius 2 is 2.00 bits per heavy atom. The summed E-state index contributed by atoms with van der Waals surface area (Å²) in [4.78, 5) is 16.3. The number of likely N-dealkylation sites (tertiary alicyclic amines) is 2. The van der Waals surface area contributed by atoms with Gasteiger partial charge in [0.1, 0.15) is 0 Å². The van der Waals surface area contributed by atoms with Gasteiger partial charge in [-0.1, -0.05) is 15.9 Å². The minimum atomic E-state index is -0.0967. The third-order valence-corrected chi connectivity index (χ3v) is 4.24. The fraction of sp³-hybridized carbons (Fsp3) is 0.917. The summed E-state index contributed by atoms with van der Waals surface area (Å²) < 4.78 is 0. The Morgan fingerprint density at radius 3 is 2.59 bits per heavy atom. The summed E-state index contributed by atoms with van der Waals surface area (Å²) in [6.07, 6.45) is 3.39. The number of hydrogen-bond acceptors (Lipinski definition) is 3. The number of hydrogen-bond donors (Lipinski definition) is 1. The van der Waals surface area contributed by atoms with Crippen LogP contribution in [0.15, 0.2) is 0 Å². The maximum atomic E-state index is 11.6. The SMILES string of the molecule is O=C1CC(Br)CN1CCCN1CCC(O)CC1. The molecule has 4 nitrogen and oxygen atoms in total. The molecule has 1 atom stereocenters. The molecule has 0 aromatic carbocycles. The highest BCUT2D eigenvalue weighted by Gasteiger charge is 2.27. The molecule has 2 rings (SSSR count). The molecule has 0 bridgehead atoms. The van der Waals surface area contributed by atoms with Crippen molar-refractivity contribution in [2.45, 2.75) is 36.6 Å². The van der Waals surface area contributed by atoms with Gasteiger partial charge in [0.15, 0.2) is 0 Å². The third-order valence-electron chi connectivity index (χ3n) is 3.63. The van der Waals surface area contributed by atoms with Crippen molar-refractivity contribution < 1.29 is 9.90 Å². The van der Waals surface area contributed by atoms with E-state index in [-0.39, 0.29) is 12.0 Å². The Hall–Kier alpha value is -0.130. The first kappa shape index (κ1) is 13.3. The molecule has 0 aromatic rings. The second kappa shape index (κ2) is 6.16. The molecular formula is C12H21BrN2O2. The largest absolute Gasteiger partial charge is 0.393 e. The van der Waals surface area contributed by atoms with Gasteiger partial charge in [-0.05, 0) is 25.8 Å². The van der Waals surface area contributed by atoms with Gasteiger partial charge in [0.2, 0.25) is 5.91 Å². The van der Waals surface area contributed by atoms with Crippen LogP contribution in [-0.2, 0) is 4.79 Å². The molecule has 0 saturated carbocycles.